The van der Waals surface area contributed by atoms with E-state index >= 15 is 0 Å². The molecule has 1 aliphatic rings. The predicted molar refractivity (Wildman–Crippen MR) is 93.3 cm³/mol. The number of halogens is 1. The Hall–Kier alpha value is -1.28. The minimum Gasteiger partial charge on any atom is -0.357 e. The molecule has 2 N–H and O–H groups in total. The van der Waals surface area contributed by atoms with Gasteiger partial charge in [-0.1, -0.05) is 12.1 Å². The lowest BCUT2D eigenvalue weighted by Gasteiger charge is -2.15. The third kappa shape index (κ3) is 6.02. The SMILES string of the molecule is CCNC(=NCCSc1ccccc1F)NC1CCS(=O)(=O)C1. The number of sulfone groups is 1. The fourth-order valence-corrected chi connectivity index (χ4v) is 4.75. The summed E-state index contributed by atoms with van der Waals surface area (Å²) in [5, 5.41) is 6.27. The summed E-state index contributed by atoms with van der Waals surface area (Å²) >= 11 is 1.42. The Balaban J connectivity index is 1.83. The maximum atomic E-state index is 13.5. The largest absolute Gasteiger partial charge is 0.357 e. The molecule has 0 aliphatic carbocycles. The molecule has 0 saturated carbocycles. The van der Waals surface area contributed by atoms with Gasteiger partial charge in [-0.15, -0.1) is 11.8 Å². The van der Waals surface area contributed by atoms with Crippen molar-refractivity contribution in [1.82, 2.24) is 10.6 Å². The minimum atomic E-state index is -2.91. The zero-order valence-corrected chi connectivity index (χ0v) is 14.7. The monoisotopic (exact) mass is 359 g/mol. The van der Waals surface area contributed by atoms with E-state index in [1.54, 1.807) is 18.2 Å². The first-order valence-corrected chi connectivity index (χ1v) is 10.4. The zero-order chi connectivity index (χ0) is 16.7. The summed E-state index contributed by atoms with van der Waals surface area (Å²) in [5.41, 5.74) is 0. The highest BCUT2D eigenvalue weighted by Gasteiger charge is 2.28. The molecule has 1 atom stereocenters. The van der Waals surface area contributed by atoms with Crippen molar-refractivity contribution in [3.8, 4) is 0 Å². The van der Waals surface area contributed by atoms with Gasteiger partial charge < -0.3 is 10.6 Å². The van der Waals surface area contributed by atoms with Gasteiger partial charge in [0.05, 0.1) is 18.1 Å². The lowest BCUT2D eigenvalue weighted by atomic mass is 10.3. The number of rotatable bonds is 6. The fourth-order valence-electron chi connectivity index (χ4n) is 2.30. The number of hydrogen-bond donors (Lipinski definition) is 2. The Labute approximate surface area is 141 Å². The van der Waals surface area contributed by atoms with E-state index in [2.05, 4.69) is 15.6 Å². The Morgan fingerprint density at radius 3 is 2.87 bits per heavy atom. The van der Waals surface area contributed by atoms with Crippen LogP contribution < -0.4 is 10.6 Å². The summed E-state index contributed by atoms with van der Waals surface area (Å²) in [6.07, 6.45) is 0.608. The van der Waals surface area contributed by atoms with Crippen LogP contribution in [0.5, 0.6) is 0 Å². The third-order valence-electron chi connectivity index (χ3n) is 3.37. The summed E-state index contributed by atoms with van der Waals surface area (Å²) < 4.78 is 36.5. The molecule has 2 rings (SSSR count). The highest BCUT2D eigenvalue weighted by atomic mass is 32.2. The second-order valence-corrected chi connectivity index (χ2v) is 8.65. The quantitative estimate of drug-likeness (QED) is 0.350. The first-order valence-electron chi connectivity index (χ1n) is 7.63. The first-order chi connectivity index (χ1) is 11.0. The molecule has 1 unspecified atom stereocenters. The van der Waals surface area contributed by atoms with Crippen molar-refractivity contribution in [3.05, 3.63) is 30.1 Å². The summed E-state index contributed by atoms with van der Waals surface area (Å²) in [7, 11) is -2.91. The van der Waals surface area contributed by atoms with Crippen LogP contribution in [-0.4, -0.2) is 50.8 Å². The Kier molecular flexibility index (Phi) is 6.71. The van der Waals surface area contributed by atoms with Crippen LogP contribution in [0.2, 0.25) is 0 Å². The molecular weight excluding hydrogens is 337 g/mol. The van der Waals surface area contributed by atoms with Crippen LogP contribution in [0.15, 0.2) is 34.2 Å². The maximum absolute atomic E-state index is 13.5. The molecule has 0 amide bonds. The van der Waals surface area contributed by atoms with Gasteiger partial charge in [0.2, 0.25) is 0 Å². The fraction of sp³-hybridized carbons (Fsp3) is 0.533. The molecule has 0 aromatic heterocycles. The summed E-state index contributed by atoms with van der Waals surface area (Å²) in [4.78, 5) is 5.04. The summed E-state index contributed by atoms with van der Waals surface area (Å²) in [6, 6.07) is 6.58. The molecule has 1 aromatic rings. The number of benzene rings is 1. The van der Waals surface area contributed by atoms with Gasteiger partial charge in [-0.05, 0) is 25.5 Å². The predicted octanol–water partition coefficient (Wildman–Crippen LogP) is 1.66. The number of nitrogens with one attached hydrogen (secondary N) is 2. The van der Waals surface area contributed by atoms with Crippen molar-refractivity contribution in [2.75, 3.05) is 30.3 Å². The smallest absolute Gasteiger partial charge is 0.191 e. The molecule has 1 fully saturated rings. The van der Waals surface area contributed by atoms with Crippen molar-refractivity contribution in [2.45, 2.75) is 24.3 Å². The normalized spacial score (nSPS) is 20.4. The van der Waals surface area contributed by atoms with Crippen molar-refractivity contribution in [2.24, 2.45) is 4.99 Å². The molecule has 128 valence electrons. The van der Waals surface area contributed by atoms with Gasteiger partial charge in [-0.3, -0.25) is 4.99 Å². The van der Waals surface area contributed by atoms with E-state index in [-0.39, 0.29) is 23.4 Å². The van der Waals surface area contributed by atoms with Gasteiger partial charge in [0.1, 0.15) is 5.82 Å². The highest BCUT2D eigenvalue weighted by molar-refractivity contribution is 7.99. The van der Waals surface area contributed by atoms with E-state index in [4.69, 9.17) is 0 Å². The Morgan fingerprint density at radius 1 is 1.43 bits per heavy atom. The first kappa shape index (κ1) is 18.1. The Morgan fingerprint density at radius 2 is 2.22 bits per heavy atom. The lowest BCUT2D eigenvalue weighted by molar-refractivity contribution is 0.599. The van der Waals surface area contributed by atoms with Gasteiger partial charge in [0.25, 0.3) is 0 Å². The molecule has 0 radical (unpaired) electrons. The Bertz CT molecular complexity index is 650. The average molecular weight is 359 g/mol. The third-order valence-corrected chi connectivity index (χ3v) is 6.17. The van der Waals surface area contributed by atoms with E-state index in [9.17, 15) is 12.8 Å². The number of nitrogens with zero attached hydrogens (tertiary/aromatic N) is 1. The maximum Gasteiger partial charge on any atom is 0.191 e. The standard InChI is InChI=1S/C15H22FN3O2S2/c1-2-17-15(19-12-7-10-23(20,21)11-12)18-8-9-22-14-6-4-3-5-13(14)16/h3-6,12H,2,7-11H2,1H3,(H2,17,18,19). The molecule has 23 heavy (non-hydrogen) atoms. The lowest BCUT2D eigenvalue weighted by Crippen LogP contribution is -2.44. The molecule has 1 aromatic carbocycles. The second kappa shape index (κ2) is 8.54. The van der Waals surface area contributed by atoms with E-state index in [1.807, 2.05) is 6.92 Å². The topological polar surface area (TPSA) is 70.6 Å². The van der Waals surface area contributed by atoms with E-state index in [1.165, 1.54) is 17.8 Å². The van der Waals surface area contributed by atoms with E-state index < -0.39 is 9.84 Å². The van der Waals surface area contributed by atoms with Crippen LogP contribution in [0, 0.1) is 5.82 Å². The van der Waals surface area contributed by atoms with E-state index in [0.717, 1.165) is 0 Å². The zero-order valence-electron chi connectivity index (χ0n) is 13.1. The van der Waals surface area contributed by atoms with Crippen molar-refractivity contribution >= 4 is 27.6 Å². The molecule has 0 bridgehead atoms. The van der Waals surface area contributed by atoms with Crippen LogP contribution in [0.4, 0.5) is 4.39 Å². The molecule has 8 heteroatoms. The molecule has 1 heterocycles. The van der Waals surface area contributed by atoms with Crippen LogP contribution in [0.1, 0.15) is 13.3 Å². The van der Waals surface area contributed by atoms with Gasteiger partial charge >= 0.3 is 0 Å². The molecule has 1 saturated heterocycles. The van der Waals surface area contributed by atoms with Gasteiger partial charge in [-0.2, -0.15) is 0 Å². The average Bonchev–Trinajstić information content (AvgIpc) is 2.84. The summed E-state index contributed by atoms with van der Waals surface area (Å²) in [5.74, 6) is 1.43. The van der Waals surface area contributed by atoms with Gasteiger partial charge in [0.15, 0.2) is 15.8 Å². The number of guanidine groups is 1. The summed E-state index contributed by atoms with van der Waals surface area (Å²) in [6.45, 7) is 3.18. The van der Waals surface area contributed by atoms with Crippen molar-refractivity contribution in [1.29, 1.82) is 0 Å². The minimum absolute atomic E-state index is 0.0861. The number of hydrogen-bond acceptors (Lipinski definition) is 4. The van der Waals surface area contributed by atoms with Crippen molar-refractivity contribution in [3.63, 3.8) is 0 Å². The molecule has 1 aliphatic heterocycles. The van der Waals surface area contributed by atoms with Crippen LogP contribution in [-0.2, 0) is 9.84 Å². The van der Waals surface area contributed by atoms with E-state index in [0.29, 0.717) is 36.1 Å². The van der Waals surface area contributed by atoms with Crippen LogP contribution in [0.25, 0.3) is 0 Å². The molecular formula is C15H22FN3O2S2. The van der Waals surface area contributed by atoms with Gasteiger partial charge in [-0.25, -0.2) is 12.8 Å². The number of thioether (sulfide) groups is 1. The van der Waals surface area contributed by atoms with Crippen LogP contribution in [0.3, 0.4) is 0 Å². The van der Waals surface area contributed by atoms with Crippen LogP contribution >= 0.6 is 11.8 Å². The molecule has 0 spiro atoms. The number of aliphatic imine (C=N–C) groups is 1. The highest BCUT2D eigenvalue weighted by Crippen LogP contribution is 2.20. The second-order valence-electron chi connectivity index (χ2n) is 5.28. The van der Waals surface area contributed by atoms with Gasteiger partial charge in [0, 0.05) is 23.2 Å². The van der Waals surface area contributed by atoms with Crippen molar-refractivity contribution < 1.29 is 12.8 Å². The molecule has 5 nitrogen and oxygen atoms in total.